The zero-order valence-electron chi connectivity index (χ0n) is 11.6. The van der Waals surface area contributed by atoms with Gasteiger partial charge in [-0.3, -0.25) is 9.36 Å². The summed E-state index contributed by atoms with van der Waals surface area (Å²) in [6.45, 7) is 5.01. The summed E-state index contributed by atoms with van der Waals surface area (Å²) in [5.41, 5.74) is 3.14. The van der Waals surface area contributed by atoms with Crippen molar-refractivity contribution < 1.29 is 4.74 Å². The summed E-state index contributed by atoms with van der Waals surface area (Å²) in [7, 11) is 3.56. The molecule has 0 aliphatic rings. The molecule has 7 nitrogen and oxygen atoms in total. The molecule has 19 heavy (non-hydrogen) atoms. The van der Waals surface area contributed by atoms with Crippen molar-refractivity contribution in [1.29, 1.82) is 0 Å². The number of rotatable bonds is 7. The minimum atomic E-state index is 0.646. The summed E-state index contributed by atoms with van der Waals surface area (Å²) in [5.74, 6) is 0. The van der Waals surface area contributed by atoms with E-state index in [1.807, 2.05) is 31.0 Å². The molecular formula is C12H20N6O. The Morgan fingerprint density at radius 3 is 2.89 bits per heavy atom. The van der Waals surface area contributed by atoms with Crippen LogP contribution in [0.4, 0.5) is 0 Å². The standard InChI is InChI=1S/C12H20N6O/c1-10-11(6-13-4-5-19-3)7-18(15-10)9-12-8-17(2)16-14-12/h7-8,13H,4-6,9H2,1-3H3. The van der Waals surface area contributed by atoms with Crippen molar-refractivity contribution in [3.05, 3.63) is 29.3 Å². The summed E-state index contributed by atoms with van der Waals surface area (Å²) >= 11 is 0. The van der Waals surface area contributed by atoms with Gasteiger partial charge in [-0.2, -0.15) is 5.10 Å². The van der Waals surface area contributed by atoms with Crippen LogP contribution in [-0.4, -0.2) is 45.0 Å². The SMILES string of the molecule is COCCNCc1cn(Cc2cn(C)nn2)nc1C. The molecule has 0 saturated heterocycles. The molecular weight excluding hydrogens is 244 g/mol. The fourth-order valence-electron chi connectivity index (χ4n) is 1.84. The number of ether oxygens (including phenoxy) is 1. The topological polar surface area (TPSA) is 69.8 Å². The van der Waals surface area contributed by atoms with Crippen LogP contribution >= 0.6 is 0 Å². The van der Waals surface area contributed by atoms with Crippen LogP contribution in [0.3, 0.4) is 0 Å². The van der Waals surface area contributed by atoms with Crippen LogP contribution in [0.1, 0.15) is 17.0 Å². The number of aromatic nitrogens is 5. The molecule has 0 aliphatic heterocycles. The predicted octanol–water partition coefficient (Wildman–Crippen LogP) is 0.104. The number of methoxy groups -OCH3 is 1. The van der Waals surface area contributed by atoms with E-state index in [0.717, 1.165) is 24.5 Å². The van der Waals surface area contributed by atoms with Crippen molar-refractivity contribution in [3.8, 4) is 0 Å². The van der Waals surface area contributed by atoms with E-state index in [1.165, 1.54) is 5.56 Å². The first-order valence-electron chi connectivity index (χ1n) is 6.27. The second-order valence-electron chi connectivity index (χ2n) is 4.49. The number of nitrogens with one attached hydrogen (secondary N) is 1. The van der Waals surface area contributed by atoms with Crippen molar-refractivity contribution in [2.75, 3.05) is 20.3 Å². The van der Waals surface area contributed by atoms with Gasteiger partial charge in [-0.25, -0.2) is 0 Å². The lowest BCUT2D eigenvalue weighted by molar-refractivity contribution is 0.199. The third-order valence-corrected chi connectivity index (χ3v) is 2.82. The second-order valence-corrected chi connectivity index (χ2v) is 4.49. The average molecular weight is 264 g/mol. The Bertz CT molecular complexity index is 518. The largest absolute Gasteiger partial charge is 0.383 e. The van der Waals surface area contributed by atoms with Crippen molar-refractivity contribution >= 4 is 0 Å². The highest BCUT2D eigenvalue weighted by atomic mass is 16.5. The zero-order valence-corrected chi connectivity index (χ0v) is 11.6. The summed E-state index contributed by atoms with van der Waals surface area (Å²) in [6, 6.07) is 0. The maximum Gasteiger partial charge on any atom is 0.104 e. The maximum atomic E-state index is 5.00. The smallest absolute Gasteiger partial charge is 0.104 e. The summed E-state index contributed by atoms with van der Waals surface area (Å²) in [6.07, 6.45) is 3.94. The first kappa shape index (κ1) is 13.7. The average Bonchev–Trinajstić information content (AvgIpc) is 2.92. The molecule has 0 spiro atoms. The van der Waals surface area contributed by atoms with E-state index in [9.17, 15) is 0 Å². The van der Waals surface area contributed by atoms with Crippen LogP contribution < -0.4 is 5.32 Å². The number of hydrogen-bond acceptors (Lipinski definition) is 5. The summed E-state index contributed by atoms with van der Waals surface area (Å²) < 4.78 is 8.58. The van der Waals surface area contributed by atoms with E-state index in [-0.39, 0.29) is 0 Å². The lowest BCUT2D eigenvalue weighted by Crippen LogP contribution is -2.18. The third-order valence-electron chi connectivity index (χ3n) is 2.82. The normalized spacial score (nSPS) is 11.1. The van der Waals surface area contributed by atoms with Gasteiger partial charge in [0.2, 0.25) is 0 Å². The van der Waals surface area contributed by atoms with Crippen LogP contribution in [0, 0.1) is 6.92 Å². The highest BCUT2D eigenvalue weighted by Gasteiger charge is 2.06. The third kappa shape index (κ3) is 3.87. The van der Waals surface area contributed by atoms with Gasteiger partial charge in [0.1, 0.15) is 5.69 Å². The van der Waals surface area contributed by atoms with Gasteiger partial charge in [0, 0.05) is 45.2 Å². The summed E-state index contributed by atoms with van der Waals surface area (Å²) in [4.78, 5) is 0. The van der Waals surface area contributed by atoms with Gasteiger partial charge in [0.05, 0.1) is 18.8 Å². The van der Waals surface area contributed by atoms with Crippen LogP contribution in [-0.2, 0) is 24.9 Å². The lowest BCUT2D eigenvalue weighted by Gasteiger charge is -2.01. The Hall–Kier alpha value is -1.73. The van der Waals surface area contributed by atoms with Gasteiger partial charge < -0.3 is 10.1 Å². The minimum absolute atomic E-state index is 0.646. The van der Waals surface area contributed by atoms with E-state index >= 15 is 0 Å². The highest BCUT2D eigenvalue weighted by Crippen LogP contribution is 2.06. The van der Waals surface area contributed by atoms with Crippen LogP contribution in [0.2, 0.25) is 0 Å². The molecule has 0 radical (unpaired) electrons. The molecule has 0 fully saturated rings. The Kier molecular flexibility index (Phi) is 4.64. The Balaban J connectivity index is 1.92. The fourth-order valence-corrected chi connectivity index (χ4v) is 1.84. The highest BCUT2D eigenvalue weighted by molar-refractivity contribution is 5.15. The van der Waals surface area contributed by atoms with Gasteiger partial charge >= 0.3 is 0 Å². The molecule has 0 bridgehead atoms. The molecule has 0 atom stereocenters. The maximum absolute atomic E-state index is 5.00. The van der Waals surface area contributed by atoms with E-state index in [1.54, 1.807) is 11.8 Å². The molecule has 1 N–H and O–H groups in total. The molecule has 104 valence electrons. The molecule has 2 rings (SSSR count). The van der Waals surface area contributed by atoms with Crippen molar-refractivity contribution in [2.45, 2.75) is 20.0 Å². The minimum Gasteiger partial charge on any atom is -0.383 e. The van der Waals surface area contributed by atoms with E-state index in [4.69, 9.17) is 4.74 Å². The monoisotopic (exact) mass is 264 g/mol. The van der Waals surface area contributed by atoms with E-state index in [2.05, 4.69) is 20.7 Å². The molecule has 0 amide bonds. The number of aryl methyl sites for hydroxylation is 2. The van der Waals surface area contributed by atoms with Crippen LogP contribution in [0.25, 0.3) is 0 Å². The Labute approximate surface area is 112 Å². The first-order chi connectivity index (χ1) is 9.19. The lowest BCUT2D eigenvalue weighted by atomic mass is 10.2. The molecule has 0 saturated carbocycles. The van der Waals surface area contributed by atoms with Gasteiger partial charge in [0.25, 0.3) is 0 Å². The van der Waals surface area contributed by atoms with E-state index in [0.29, 0.717) is 13.2 Å². The van der Waals surface area contributed by atoms with Crippen LogP contribution in [0.15, 0.2) is 12.4 Å². The van der Waals surface area contributed by atoms with E-state index < -0.39 is 0 Å². The number of nitrogens with zero attached hydrogens (tertiary/aromatic N) is 5. The van der Waals surface area contributed by atoms with Gasteiger partial charge in [-0.05, 0) is 6.92 Å². The molecule has 0 aliphatic carbocycles. The second kappa shape index (κ2) is 6.44. The summed E-state index contributed by atoms with van der Waals surface area (Å²) in [5, 5.41) is 15.8. The Morgan fingerprint density at radius 1 is 1.37 bits per heavy atom. The quantitative estimate of drug-likeness (QED) is 0.719. The molecule has 7 heteroatoms. The fraction of sp³-hybridized carbons (Fsp3) is 0.583. The number of hydrogen-bond donors (Lipinski definition) is 1. The molecule has 0 unspecified atom stereocenters. The molecule has 2 aromatic rings. The van der Waals surface area contributed by atoms with Gasteiger partial charge in [-0.1, -0.05) is 5.21 Å². The van der Waals surface area contributed by atoms with Gasteiger partial charge in [-0.15, -0.1) is 5.10 Å². The Morgan fingerprint density at radius 2 is 2.21 bits per heavy atom. The van der Waals surface area contributed by atoms with Crippen LogP contribution in [0.5, 0.6) is 0 Å². The van der Waals surface area contributed by atoms with Crippen molar-refractivity contribution in [1.82, 2.24) is 30.1 Å². The first-order valence-corrected chi connectivity index (χ1v) is 6.27. The molecule has 2 aromatic heterocycles. The predicted molar refractivity (Wildman–Crippen MR) is 70.7 cm³/mol. The van der Waals surface area contributed by atoms with Crippen molar-refractivity contribution in [2.24, 2.45) is 7.05 Å². The zero-order chi connectivity index (χ0) is 13.7. The molecule has 0 aromatic carbocycles. The van der Waals surface area contributed by atoms with Crippen molar-refractivity contribution in [3.63, 3.8) is 0 Å². The molecule has 2 heterocycles. The van der Waals surface area contributed by atoms with Gasteiger partial charge in [0.15, 0.2) is 0 Å².